The first-order chi connectivity index (χ1) is 7.22. The minimum Gasteiger partial charge on any atom is -0.329 e. The lowest BCUT2D eigenvalue weighted by atomic mass is 10.2. The molecule has 0 aliphatic rings. The molecule has 1 heterocycles. The van der Waals surface area contributed by atoms with Crippen molar-refractivity contribution in [1.82, 2.24) is 14.7 Å². The molecule has 0 aliphatic heterocycles. The molecule has 0 aliphatic carbocycles. The van der Waals surface area contributed by atoms with Crippen LogP contribution < -0.4 is 5.73 Å². The van der Waals surface area contributed by atoms with Crippen LogP contribution in [-0.2, 0) is 6.54 Å². The molecule has 0 unspecified atom stereocenters. The Morgan fingerprint density at radius 2 is 2.20 bits per heavy atom. The van der Waals surface area contributed by atoms with Gasteiger partial charge in [-0.1, -0.05) is 13.8 Å². The van der Waals surface area contributed by atoms with Gasteiger partial charge in [-0.25, -0.2) is 0 Å². The minimum atomic E-state index is 0.689. The predicted molar refractivity (Wildman–Crippen MR) is 62.6 cm³/mol. The minimum absolute atomic E-state index is 0.689. The highest BCUT2D eigenvalue weighted by atomic mass is 15.3. The van der Waals surface area contributed by atoms with E-state index in [0.717, 1.165) is 32.7 Å². The SMILES string of the molecule is CC(C)CN(CCN)CCn1cccn1. The van der Waals surface area contributed by atoms with Gasteiger partial charge >= 0.3 is 0 Å². The van der Waals surface area contributed by atoms with E-state index in [9.17, 15) is 0 Å². The molecule has 0 fully saturated rings. The van der Waals surface area contributed by atoms with Crippen LogP contribution in [-0.4, -0.2) is 40.9 Å². The molecule has 0 saturated heterocycles. The highest BCUT2D eigenvalue weighted by molar-refractivity contribution is 4.78. The summed E-state index contributed by atoms with van der Waals surface area (Å²) in [7, 11) is 0. The van der Waals surface area contributed by atoms with Gasteiger partial charge < -0.3 is 5.73 Å². The summed E-state index contributed by atoms with van der Waals surface area (Å²) < 4.78 is 1.96. The molecular formula is C11H22N4. The third-order valence-corrected chi connectivity index (χ3v) is 2.27. The smallest absolute Gasteiger partial charge is 0.0536 e. The quantitative estimate of drug-likeness (QED) is 0.724. The van der Waals surface area contributed by atoms with Crippen molar-refractivity contribution in [1.29, 1.82) is 0 Å². The fourth-order valence-corrected chi connectivity index (χ4v) is 1.67. The van der Waals surface area contributed by atoms with E-state index >= 15 is 0 Å². The maximum atomic E-state index is 5.59. The summed E-state index contributed by atoms with van der Waals surface area (Å²) in [5.74, 6) is 0.689. The number of rotatable bonds is 7. The van der Waals surface area contributed by atoms with Crippen LogP contribution in [0.3, 0.4) is 0 Å². The third-order valence-electron chi connectivity index (χ3n) is 2.27. The Kier molecular flexibility index (Phi) is 5.36. The number of hydrogen-bond acceptors (Lipinski definition) is 3. The lowest BCUT2D eigenvalue weighted by Gasteiger charge is -2.23. The maximum absolute atomic E-state index is 5.59. The molecule has 2 N–H and O–H groups in total. The van der Waals surface area contributed by atoms with Crippen molar-refractivity contribution in [2.45, 2.75) is 20.4 Å². The zero-order chi connectivity index (χ0) is 11.1. The molecule has 0 saturated carbocycles. The van der Waals surface area contributed by atoms with Crippen LogP contribution in [0.4, 0.5) is 0 Å². The second kappa shape index (κ2) is 6.58. The third kappa shape index (κ3) is 4.95. The van der Waals surface area contributed by atoms with E-state index in [-0.39, 0.29) is 0 Å². The van der Waals surface area contributed by atoms with Gasteiger partial charge in [0.2, 0.25) is 0 Å². The van der Waals surface area contributed by atoms with Crippen molar-refractivity contribution in [2.24, 2.45) is 11.7 Å². The van der Waals surface area contributed by atoms with Crippen molar-refractivity contribution in [3.63, 3.8) is 0 Å². The highest BCUT2D eigenvalue weighted by Gasteiger charge is 2.06. The zero-order valence-electron chi connectivity index (χ0n) is 9.76. The number of nitrogens with two attached hydrogens (primary N) is 1. The van der Waals surface area contributed by atoms with Gasteiger partial charge in [0.05, 0.1) is 6.54 Å². The number of aromatic nitrogens is 2. The first-order valence-corrected chi connectivity index (χ1v) is 5.62. The summed E-state index contributed by atoms with van der Waals surface area (Å²) in [5, 5.41) is 4.19. The van der Waals surface area contributed by atoms with Crippen LogP contribution >= 0.6 is 0 Å². The Morgan fingerprint density at radius 3 is 2.73 bits per heavy atom. The first kappa shape index (κ1) is 12.2. The van der Waals surface area contributed by atoms with Crippen molar-refractivity contribution in [3.05, 3.63) is 18.5 Å². The van der Waals surface area contributed by atoms with Gasteiger partial charge in [0.15, 0.2) is 0 Å². The summed E-state index contributed by atoms with van der Waals surface area (Å²) in [6.07, 6.45) is 3.81. The Balaban J connectivity index is 2.30. The average molecular weight is 210 g/mol. The molecule has 0 aromatic carbocycles. The fraction of sp³-hybridized carbons (Fsp3) is 0.727. The van der Waals surface area contributed by atoms with Crippen molar-refractivity contribution >= 4 is 0 Å². The van der Waals surface area contributed by atoms with Crippen LogP contribution in [0.25, 0.3) is 0 Å². The lowest BCUT2D eigenvalue weighted by molar-refractivity contribution is 0.238. The Labute approximate surface area is 92.1 Å². The lowest BCUT2D eigenvalue weighted by Crippen LogP contribution is -2.35. The molecule has 0 amide bonds. The molecule has 1 rings (SSSR count). The fourth-order valence-electron chi connectivity index (χ4n) is 1.67. The van der Waals surface area contributed by atoms with Crippen LogP contribution in [0.2, 0.25) is 0 Å². The summed E-state index contributed by atoms with van der Waals surface area (Å²) in [4.78, 5) is 2.40. The maximum Gasteiger partial charge on any atom is 0.0536 e. The first-order valence-electron chi connectivity index (χ1n) is 5.62. The van der Waals surface area contributed by atoms with Gasteiger partial charge in [-0.15, -0.1) is 0 Å². The molecule has 86 valence electrons. The Bertz CT molecular complexity index is 243. The predicted octanol–water partition coefficient (Wildman–Crippen LogP) is 0.800. The van der Waals surface area contributed by atoms with Crippen molar-refractivity contribution in [3.8, 4) is 0 Å². The van der Waals surface area contributed by atoms with E-state index < -0.39 is 0 Å². The van der Waals surface area contributed by atoms with E-state index in [1.54, 1.807) is 0 Å². The van der Waals surface area contributed by atoms with Crippen LogP contribution in [0.1, 0.15) is 13.8 Å². The molecule has 0 bridgehead atoms. The molecule has 0 radical (unpaired) electrons. The standard InChI is InChI=1S/C11H22N4/c1-11(2)10-14(7-4-12)8-9-15-6-3-5-13-15/h3,5-6,11H,4,7-10,12H2,1-2H3. The second-order valence-electron chi connectivity index (χ2n) is 4.25. The molecule has 0 spiro atoms. The number of nitrogens with zero attached hydrogens (tertiary/aromatic N) is 3. The highest BCUT2D eigenvalue weighted by Crippen LogP contribution is 1.98. The summed E-state index contributed by atoms with van der Waals surface area (Å²) in [5.41, 5.74) is 5.59. The summed E-state index contributed by atoms with van der Waals surface area (Å²) >= 11 is 0. The normalized spacial score (nSPS) is 11.5. The van der Waals surface area contributed by atoms with Gasteiger partial charge in [-0.3, -0.25) is 9.58 Å². The molecule has 4 nitrogen and oxygen atoms in total. The molecule has 0 atom stereocenters. The molecule has 4 heteroatoms. The van der Waals surface area contributed by atoms with Crippen LogP contribution in [0.15, 0.2) is 18.5 Å². The second-order valence-corrected chi connectivity index (χ2v) is 4.25. The molecule has 1 aromatic rings. The van der Waals surface area contributed by atoms with Gasteiger partial charge in [-0.05, 0) is 12.0 Å². The Morgan fingerprint density at radius 1 is 1.40 bits per heavy atom. The van der Waals surface area contributed by atoms with Gasteiger partial charge in [0.1, 0.15) is 0 Å². The summed E-state index contributed by atoms with van der Waals surface area (Å²) in [6, 6.07) is 1.95. The van der Waals surface area contributed by atoms with E-state index in [1.807, 2.05) is 23.1 Å². The monoisotopic (exact) mass is 210 g/mol. The van der Waals surface area contributed by atoms with E-state index in [2.05, 4.69) is 23.8 Å². The largest absolute Gasteiger partial charge is 0.329 e. The molecular weight excluding hydrogens is 188 g/mol. The van der Waals surface area contributed by atoms with Gasteiger partial charge in [0.25, 0.3) is 0 Å². The Hall–Kier alpha value is -0.870. The van der Waals surface area contributed by atoms with E-state index in [4.69, 9.17) is 5.73 Å². The van der Waals surface area contributed by atoms with E-state index in [0.29, 0.717) is 5.92 Å². The number of hydrogen-bond donors (Lipinski definition) is 1. The van der Waals surface area contributed by atoms with Crippen molar-refractivity contribution in [2.75, 3.05) is 26.2 Å². The molecule has 15 heavy (non-hydrogen) atoms. The van der Waals surface area contributed by atoms with Gasteiger partial charge in [0, 0.05) is 38.6 Å². The van der Waals surface area contributed by atoms with Gasteiger partial charge in [-0.2, -0.15) is 5.10 Å². The average Bonchev–Trinajstić information content (AvgIpc) is 2.66. The zero-order valence-corrected chi connectivity index (χ0v) is 9.76. The summed E-state index contributed by atoms with van der Waals surface area (Å²) in [6.45, 7) is 9.25. The van der Waals surface area contributed by atoms with Crippen molar-refractivity contribution < 1.29 is 0 Å². The van der Waals surface area contributed by atoms with Crippen LogP contribution in [0.5, 0.6) is 0 Å². The van der Waals surface area contributed by atoms with E-state index in [1.165, 1.54) is 0 Å². The van der Waals surface area contributed by atoms with Crippen LogP contribution in [0, 0.1) is 5.92 Å². The molecule has 1 aromatic heterocycles. The topological polar surface area (TPSA) is 47.1 Å².